The molecular formula is C19H25N3O3. The maximum Gasteiger partial charge on any atom is 0.318 e. The van der Waals surface area contributed by atoms with Crippen molar-refractivity contribution >= 4 is 6.03 Å². The summed E-state index contributed by atoms with van der Waals surface area (Å²) in [6, 6.07) is 7.72. The highest BCUT2D eigenvalue weighted by molar-refractivity contribution is 5.75. The predicted octanol–water partition coefficient (Wildman–Crippen LogP) is 3.60. The number of benzene rings is 1. The van der Waals surface area contributed by atoms with Gasteiger partial charge < -0.3 is 19.5 Å². The number of ether oxygens (including phenoxy) is 1. The highest BCUT2D eigenvalue weighted by atomic mass is 16.5. The standard InChI is InChI=1S/C19H25N3O3/c1-4-17-18(13(2)21-25-17)16-9-6-10-22(16)19(23)20-12-14-7-5-8-15(11-14)24-3/h5,7-8,11,16H,4,6,9-10,12H2,1-3H3,(H,20,23)/t16-/m1/s1. The fraction of sp³-hybridized carbons (Fsp3) is 0.474. The van der Waals surface area contributed by atoms with Crippen LogP contribution in [0.2, 0.25) is 0 Å². The number of aryl methyl sites for hydroxylation is 2. The van der Waals surface area contributed by atoms with Crippen LogP contribution in [0.15, 0.2) is 28.8 Å². The number of methoxy groups -OCH3 is 1. The lowest BCUT2D eigenvalue weighted by Gasteiger charge is -2.25. The molecule has 1 aliphatic heterocycles. The monoisotopic (exact) mass is 343 g/mol. The summed E-state index contributed by atoms with van der Waals surface area (Å²) in [6.45, 7) is 5.22. The van der Waals surface area contributed by atoms with Crippen LogP contribution in [0.5, 0.6) is 5.75 Å². The van der Waals surface area contributed by atoms with Crippen molar-refractivity contribution in [1.82, 2.24) is 15.4 Å². The van der Waals surface area contributed by atoms with Crippen molar-refractivity contribution in [3.8, 4) is 5.75 Å². The Bertz CT molecular complexity index is 741. The summed E-state index contributed by atoms with van der Waals surface area (Å²) < 4.78 is 10.6. The maximum atomic E-state index is 12.7. The lowest BCUT2D eigenvalue weighted by molar-refractivity contribution is 0.192. The molecule has 0 bridgehead atoms. The van der Waals surface area contributed by atoms with Crippen LogP contribution in [0, 0.1) is 6.92 Å². The van der Waals surface area contributed by atoms with Gasteiger partial charge in [-0.25, -0.2) is 4.79 Å². The summed E-state index contributed by atoms with van der Waals surface area (Å²) in [4.78, 5) is 14.6. The van der Waals surface area contributed by atoms with E-state index in [4.69, 9.17) is 9.26 Å². The molecule has 134 valence electrons. The third-order valence-corrected chi connectivity index (χ3v) is 4.73. The van der Waals surface area contributed by atoms with Crippen LogP contribution in [0.1, 0.15) is 48.4 Å². The smallest absolute Gasteiger partial charge is 0.318 e. The summed E-state index contributed by atoms with van der Waals surface area (Å²) >= 11 is 0. The zero-order chi connectivity index (χ0) is 17.8. The normalized spacial score (nSPS) is 16.9. The van der Waals surface area contributed by atoms with Crippen molar-refractivity contribution in [1.29, 1.82) is 0 Å². The summed E-state index contributed by atoms with van der Waals surface area (Å²) in [6.07, 6.45) is 2.72. The number of nitrogens with zero attached hydrogens (tertiary/aromatic N) is 2. The van der Waals surface area contributed by atoms with Gasteiger partial charge in [0.05, 0.1) is 18.8 Å². The number of urea groups is 1. The number of carbonyl (C=O) groups excluding carboxylic acids is 1. The van der Waals surface area contributed by atoms with E-state index in [0.717, 1.165) is 54.1 Å². The molecule has 2 aromatic rings. The largest absolute Gasteiger partial charge is 0.497 e. The van der Waals surface area contributed by atoms with Gasteiger partial charge in [-0.1, -0.05) is 24.2 Å². The van der Waals surface area contributed by atoms with Crippen LogP contribution in [-0.2, 0) is 13.0 Å². The lowest BCUT2D eigenvalue weighted by atomic mass is 10.0. The molecule has 1 saturated heterocycles. The molecule has 1 atom stereocenters. The molecule has 1 aromatic heterocycles. The topological polar surface area (TPSA) is 67.6 Å². The fourth-order valence-corrected chi connectivity index (χ4v) is 3.48. The van der Waals surface area contributed by atoms with Crippen molar-refractivity contribution < 1.29 is 14.1 Å². The Labute approximate surface area is 148 Å². The van der Waals surface area contributed by atoms with Crippen molar-refractivity contribution in [2.75, 3.05) is 13.7 Å². The Balaban J connectivity index is 1.69. The van der Waals surface area contributed by atoms with Gasteiger partial charge in [-0.05, 0) is 37.5 Å². The first-order chi connectivity index (χ1) is 12.1. The molecule has 6 heteroatoms. The first kappa shape index (κ1) is 17.3. The summed E-state index contributed by atoms with van der Waals surface area (Å²) in [5, 5.41) is 7.11. The van der Waals surface area contributed by atoms with E-state index in [9.17, 15) is 4.79 Å². The Morgan fingerprint density at radius 1 is 1.48 bits per heavy atom. The van der Waals surface area contributed by atoms with Gasteiger partial charge in [0.1, 0.15) is 11.5 Å². The lowest BCUT2D eigenvalue weighted by Crippen LogP contribution is -2.39. The number of carbonyl (C=O) groups is 1. The number of rotatable bonds is 5. The minimum absolute atomic E-state index is 0.0477. The molecule has 2 heterocycles. The van der Waals surface area contributed by atoms with Crippen LogP contribution < -0.4 is 10.1 Å². The second-order valence-electron chi connectivity index (χ2n) is 6.32. The molecule has 1 aliphatic rings. The van der Waals surface area contributed by atoms with Gasteiger partial charge in [-0.15, -0.1) is 0 Å². The summed E-state index contributed by atoms with van der Waals surface area (Å²) in [5.74, 6) is 1.67. The minimum atomic E-state index is -0.0482. The number of nitrogens with one attached hydrogen (secondary N) is 1. The molecule has 1 fully saturated rings. The SMILES string of the molecule is CCc1onc(C)c1[C@H]1CCCN1C(=O)NCc1cccc(OC)c1. The number of hydrogen-bond acceptors (Lipinski definition) is 4. The van der Waals surface area contributed by atoms with Crippen LogP contribution in [0.3, 0.4) is 0 Å². The van der Waals surface area contributed by atoms with Crippen molar-refractivity contribution in [3.63, 3.8) is 0 Å². The van der Waals surface area contributed by atoms with Gasteiger partial charge in [-0.3, -0.25) is 0 Å². The van der Waals surface area contributed by atoms with Crippen LogP contribution >= 0.6 is 0 Å². The number of hydrogen-bond donors (Lipinski definition) is 1. The molecule has 25 heavy (non-hydrogen) atoms. The van der Waals surface area contributed by atoms with E-state index in [0.29, 0.717) is 6.54 Å². The molecule has 0 unspecified atom stereocenters. The van der Waals surface area contributed by atoms with Gasteiger partial charge in [0.15, 0.2) is 0 Å². The molecule has 1 N–H and O–H groups in total. The summed E-state index contributed by atoms with van der Waals surface area (Å²) in [5.41, 5.74) is 2.98. The van der Waals surface area contributed by atoms with E-state index in [2.05, 4.69) is 10.5 Å². The highest BCUT2D eigenvalue weighted by Gasteiger charge is 2.34. The first-order valence-electron chi connectivity index (χ1n) is 8.76. The van der Waals surface area contributed by atoms with Crippen LogP contribution in [0.25, 0.3) is 0 Å². The molecule has 0 radical (unpaired) electrons. The van der Waals surface area contributed by atoms with E-state index in [1.807, 2.05) is 43.0 Å². The average molecular weight is 343 g/mol. The second-order valence-corrected chi connectivity index (χ2v) is 6.32. The Morgan fingerprint density at radius 3 is 3.08 bits per heavy atom. The third kappa shape index (κ3) is 3.62. The van der Waals surface area contributed by atoms with Crippen molar-refractivity contribution in [2.24, 2.45) is 0 Å². The molecule has 3 rings (SSSR count). The fourth-order valence-electron chi connectivity index (χ4n) is 3.48. The average Bonchev–Trinajstić information content (AvgIpc) is 3.25. The first-order valence-corrected chi connectivity index (χ1v) is 8.76. The number of likely N-dealkylation sites (tertiary alicyclic amines) is 1. The second kappa shape index (κ2) is 7.59. The molecule has 0 spiro atoms. The van der Waals surface area contributed by atoms with Gasteiger partial charge in [0.25, 0.3) is 0 Å². The molecule has 0 saturated carbocycles. The third-order valence-electron chi connectivity index (χ3n) is 4.73. The Hall–Kier alpha value is -2.50. The minimum Gasteiger partial charge on any atom is -0.497 e. The van der Waals surface area contributed by atoms with Gasteiger partial charge in [0.2, 0.25) is 0 Å². The van der Waals surface area contributed by atoms with Crippen molar-refractivity contribution in [2.45, 2.75) is 45.7 Å². The van der Waals surface area contributed by atoms with Crippen LogP contribution in [-0.4, -0.2) is 29.7 Å². The maximum absolute atomic E-state index is 12.7. The Kier molecular flexibility index (Phi) is 5.26. The van der Waals surface area contributed by atoms with Crippen molar-refractivity contribution in [3.05, 3.63) is 46.8 Å². The van der Waals surface area contributed by atoms with E-state index in [-0.39, 0.29) is 12.1 Å². The van der Waals surface area contributed by atoms with Gasteiger partial charge in [0, 0.05) is 25.1 Å². The molecule has 1 aromatic carbocycles. The molecular weight excluding hydrogens is 318 g/mol. The van der Waals surface area contributed by atoms with E-state index >= 15 is 0 Å². The molecule has 2 amide bonds. The van der Waals surface area contributed by atoms with Crippen LogP contribution in [0.4, 0.5) is 4.79 Å². The zero-order valence-corrected chi connectivity index (χ0v) is 15.0. The van der Waals surface area contributed by atoms with Gasteiger partial charge in [-0.2, -0.15) is 0 Å². The summed E-state index contributed by atoms with van der Waals surface area (Å²) in [7, 11) is 1.64. The predicted molar refractivity (Wildman–Crippen MR) is 94.5 cm³/mol. The quantitative estimate of drug-likeness (QED) is 0.901. The molecule has 6 nitrogen and oxygen atoms in total. The number of aromatic nitrogens is 1. The van der Waals surface area contributed by atoms with Gasteiger partial charge >= 0.3 is 6.03 Å². The van der Waals surface area contributed by atoms with E-state index < -0.39 is 0 Å². The Morgan fingerprint density at radius 2 is 2.32 bits per heavy atom. The zero-order valence-electron chi connectivity index (χ0n) is 15.0. The van der Waals surface area contributed by atoms with E-state index in [1.54, 1.807) is 7.11 Å². The highest BCUT2D eigenvalue weighted by Crippen LogP contribution is 2.36. The number of amides is 2. The molecule has 0 aliphatic carbocycles. The van der Waals surface area contributed by atoms with E-state index in [1.165, 1.54) is 0 Å².